The van der Waals surface area contributed by atoms with E-state index in [0.717, 1.165) is 23.1 Å². The summed E-state index contributed by atoms with van der Waals surface area (Å²) >= 11 is 0. The number of halogens is 1. The highest BCUT2D eigenvalue weighted by molar-refractivity contribution is 7.92. The number of rotatable bonds is 10. The number of nitrogens with zero attached hydrogens (tertiary/aromatic N) is 1. The molecule has 3 aromatic carbocycles. The fraction of sp³-hybridized carbons (Fsp3) is 0.208. The van der Waals surface area contributed by atoms with Crippen LogP contribution in [0.25, 0.3) is 0 Å². The standard InChI is InChI=1S/C24H26N2O4S.ClH/c1-3-30-25-18-21-11-9-20(10-12-21)13-14-29-23-16-19(2)15-22(17-23)26-31(27,28)24-7-5-4-6-8-24;/h4-12,15-18,26H,3,13-14H2,1-2H3;1H. The Hall–Kier alpha value is -3.03. The Kier molecular flexibility index (Phi) is 9.56. The van der Waals surface area contributed by atoms with Crippen LogP contribution in [0.4, 0.5) is 5.69 Å². The van der Waals surface area contributed by atoms with Crippen LogP contribution in [0.2, 0.25) is 0 Å². The van der Waals surface area contributed by atoms with Crippen LogP contribution in [0, 0.1) is 6.92 Å². The van der Waals surface area contributed by atoms with Crippen molar-refractivity contribution in [2.24, 2.45) is 5.16 Å². The van der Waals surface area contributed by atoms with Crippen LogP contribution >= 0.6 is 12.4 Å². The maximum Gasteiger partial charge on any atom is 0.261 e. The molecular formula is C24H27ClN2O4S. The van der Waals surface area contributed by atoms with Gasteiger partial charge in [-0.3, -0.25) is 4.72 Å². The van der Waals surface area contributed by atoms with Crippen LogP contribution in [-0.2, 0) is 21.3 Å². The fourth-order valence-corrected chi connectivity index (χ4v) is 4.00. The summed E-state index contributed by atoms with van der Waals surface area (Å²) in [7, 11) is -3.65. The number of oxime groups is 1. The van der Waals surface area contributed by atoms with E-state index in [9.17, 15) is 8.42 Å². The number of ether oxygens (including phenoxy) is 1. The minimum Gasteiger partial charge on any atom is -0.493 e. The van der Waals surface area contributed by atoms with E-state index in [1.165, 1.54) is 0 Å². The van der Waals surface area contributed by atoms with Gasteiger partial charge in [0.1, 0.15) is 12.4 Å². The molecule has 170 valence electrons. The van der Waals surface area contributed by atoms with Crippen LogP contribution in [0.15, 0.2) is 82.8 Å². The van der Waals surface area contributed by atoms with E-state index < -0.39 is 10.0 Å². The predicted octanol–water partition coefficient (Wildman–Crippen LogP) is 5.21. The van der Waals surface area contributed by atoms with E-state index in [1.54, 1.807) is 48.7 Å². The molecular weight excluding hydrogens is 448 g/mol. The Morgan fingerprint density at radius 3 is 2.41 bits per heavy atom. The second-order valence-corrected chi connectivity index (χ2v) is 8.63. The first-order valence-corrected chi connectivity index (χ1v) is 11.5. The first-order valence-electron chi connectivity index (χ1n) is 10.0. The molecule has 0 aliphatic rings. The van der Waals surface area contributed by atoms with Crippen molar-refractivity contribution in [2.45, 2.75) is 25.2 Å². The van der Waals surface area contributed by atoms with Gasteiger partial charge in [0.05, 0.1) is 23.4 Å². The molecule has 8 heteroatoms. The first-order chi connectivity index (χ1) is 15.0. The first kappa shape index (κ1) is 25.2. The smallest absolute Gasteiger partial charge is 0.261 e. The summed E-state index contributed by atoms with van der Waals surface area (Å²) in [5.74, 6) is 0.617. The molecule has 3 rings (SSSR count). The number of aryl methyl sites for hydroxylation is 1. The lowest BCUT2D eigenvalue weighted by Gasteiger charge is -2.12. The number of hydrogen-bond donors (Lipinski definition) is 1. The van der Waals surface area contributed by atoms with E-state index in [1.807, 2.05) is 44.2 Å². The van der Waals surface area contributed by atoms with Gasteiger partial charge in [0.15, 0.2) is 0 Å². The molecule has 0 unspecified atom stereocenters. The van der Waals surface area contributed by atoms with Crippen LogP contribution in [0.3, 0.4) is 0 Å². The zero-order valence-corrected chi connectivity index (χ0v) is 19.7. The van der Waals surface area contributed by atoms with Crippen LogP contribution in [0.1, 0.15) is 23.6 Å². The van der Waals surface area contributed by atoms with Gasteiger partial charge in [0.2, 0.25) is 0 Å². The minimum absolute atomic E-state index is 0. The lowest BCUT2D eigenvalue weighted by Crippen LogP contribution is -2.13. The molecule has 0 aliphatic heterocycles. The van der Waals surface area contributed by atoms with Crippen LogP contribution < -0.4 is 9.46 Å². The second-order valence-electron chi connectivity index (χ2n) is 6.95. The zero-order valence-electron chi connectivity index (χ0n) is 18.0. The Bertz CT molecular complexity index is 1120. The van der Waals surface area contributed by atoms with Gasteiger partial charge in [-0.15, -0.1) is 12.4 Å². The number of nitrogens with one attached hydrogen (secondary N) is 1. The maximum atomic E-state index is 12.6. The molecule has 0 fully saturated rings. The van der Waals surface area contributed by atoms with Crippen LogP contribution in [-0.4, -0.2) is 27.8 Å². The van der Waals surface area contributed by atoms with Gasteiger partial charge in [0.25, 0.3) is 10.0 Å². The Balaban J connectivity index is 0.00000363. The van der Waals surface area contributed by atoms with Crippen molar-refractivity contribution in [1.82, 2.24) is 0 Å². The topological polar surface area (TPSA) is 77.0 Å². The monoisotopic (exact) mass is 474 g/mol. The van der Waals surface area contributed by atoms with Crippen molar-refractivity contribution < 1.29 is 18.0 Å². The lowest BCUT2D eigenvalue weighted by atomic mass is 10.1. The Morgan fingerprint density at radius 1 is 1.00 bits per heavy atom. The van der Waals surface area contributed by atoms with Crippen molar-refractivity contribution in [3.8, 4) is 5.75 Å². The van der Waals surface area contributed by atoms with Crippen molar-refractivity contribution in [2.75, 3.05) is 17.9 Å². The SMILES string of the molecule is CCON=Cc1ccc(CCOc2cc(C)cc(NS(=O)(=O)c3ccccc3)c2)cc1.Cl. The van der Waals surface area contributed by atoms with Gasteiger partial charge in [-0.1, -0.05) is 47.6 Å². The molecule has 0 heterocycles. The third-order valence-electron chi connectivity index (χ3n) is 4.40. The van der Waals surface area contributed by atoms with Gasteiger partial charge in [-0.2, -0.15) is 0 Å². The molecule has 0 saturated heterocycles. The maximum absolute atomic E-state index is 12.6. The summed E-state index contributed by atoms with van der Waals surface area (Å²) in [6.45, 7) is 4.80. The average Bonchev–Trinajstić information content (AvgIpc) is 2.75. The van der Waals surface area contributed by atoms with Gasteiger partial charge < -0.3 is 9.57 Å². The summed E-state index contributed by atoms with van der Waals surface area (Å²) < 4.78 is 33.6. The molecule has 0 aromatic heterocycles. The predicted molar refractivity (Wildman–Crippen MR) is 131 cm³/mol. The fourth-order valence-electron chi connectivity index (χ4n) is 2.93. The Morgan fingerprint density at radius 2 is 1.72 bits per heavy atom. The van der Waals surface area contributed by atoms with Crippen LogP contribution in [0.5, 0.6) is 5.75 Å². The van der Waals surface area contributed by atoms with Gasteiger partial charge in [0, 0.05) is 12.5 Å². The third-order valence-corrected chi connectivity index (χ3v) is 5.80. The highest BCUT2D eigenvalue weighted by Crippen LogP contribution is 2.23. The summed E-state index contributed by atoms with van der Waals surface area (Å²) in [5, 5.41) is 3.85. The number of anilines is 1. The quantitative estimate of drug-likeness (QED) is 0.323. The van der Waals surface area contributed by atoms with Gasteiger partial charge >= 0.3 is 0 Å². The molecule has 3 aromatic rings. The number of hydrogen-bond acceptors (Lipinski definition) is 5. The molecule has 0 atom stereocenters. The molecule has 6 nitrogen and oxygen atoms in total. The van der Waals surface area contributed by atoms with Crippen molar-refractivity contribution in [3.05, 3.63) is 89.5 Å². The third kappa shape index (κ3) is 7.59. The molecule has 0 amide bonds. The van der Waals surface area contributed by atoms with Gasteiger partial charge in [-0.25, -0.2) is 8.42 Å². The molecule has 0 radical (unpaired) electrons. The normalized spacial score (nSPS) is 11.1. The average molecular weight is 475 g/mol. The minimum atomic E-state index is -3.65. The zero-order chi connectivity index (χ0) is 22.1. The molecule has 32 heavy (non-hydrogen) atoms. The highest BCUT2D eigenvalue weighted by Gasteiger charge is 2.14. The van der Waals surface area contributed by atoms with E-state index in [-0.39, 0.29) is 17.3 Å². The van der Waals surface area contributed by atoms with E-state index in [4.69, 9.17) is 9.57 Å². The number of sulfonamides is 1. The van der Waals surface area contributed by atoms with Gasteiger partial charge in [-0.05, 0) is 54.8 Å². The van der Waals surface area contributed by atoms with E-state index in [0.29, 0.717) is 24.7 Å². The summed E-state index contributed by atoms with van der Waals surface area (Å²) in [5.41, 5.74) is 3.47. The van der Waals surface area contributed by atoms with Crippen molar-refractivity contribution in [1.29, 1.82) is 0 Å². The van der Waals surface area contributed by atoms with Crippen molar-refractivity contribution >= 4 is 34.3 Å². The summed E-state index contributed by atoms with van der Waals surface area (Å²) in [6.07, 6.45) is 2.40. The van der Waals surface area contributed by atoms with Crippen molar-refractivity contribution in [3.63, 3.8) is 0 Å². The molecule has 0 aliphatic carbocycles. The highest BCUT2D eigenvalue weighted by atomic mass is 35.5. The Labute approximate surface area is 195 Å². The second kappa shape index (κ2) is 12.1. The molecule has 1 N–H and O–H groups in total. The molecule has 0 spiro atoms. The summed E-state index contributed by atoms with van der Waals surface area (Å²) in [6, 6.07) is 21.6. The molecule has 0 saturated carbocycles. The summed E-state index contributed by atoms with van der Waals surface area (Å²) in [4.78, 5) is 5.18. The van der Waals surface area contributed by atoms with E-state index >= 15 is 0 Å². The molecule has 0 bridgehead atoms. The largest absolute Gasteiger partial charge is 0.493 e. The lowest BCUT2D eigenvalue weighted by molar-refractivity contribution is 0.160. The number of benzene rings is 3. The van der Waals surface area contributed by atoms with E-state index in [2.05, 4.69) is 9.88 Å².